The van der Waals surface area contributed by atoms with E-state index in [1.165, 1.54) is 12.1 Å². The molecule has 2 aliphatic carbocycles. The minimum Gasteiger partial charge on any atom is -0.481 e. The van der Waals surface area contributed by atoms with Crippen LogP contribution in [-0.2, 0) is 4.79 Å². The molecule has 2 aliphatic rings. The lowest BCUT2D eigenvalue weighted by molar-refractivity contribution is -0.144. The maximum Gasteiger partial charge on any atom is 0.307 e. The lowest BCUT2D eigenvalue weighted by atomic mass is 9.75. The van der Waals surface area contributed by atoms with Gasteiger partial charge in [-0.1, -0.05) is 24.3 Å². The Morgan fingerprint density at radius 2 is 1.58 bits per heavy atom. The number of carbonyl (C=O) groups excluding carboxylic acids is 1. The molecule has 26 heavy (non-hydrogen) atoms. The number of fused-ring (bicyclic) bond motifs is 2. The van der Waals surface area contributed by atoms with E-state index in [1.54, 1.807) is 24.3 Å². The van der Waals surface area contributed by atoms with Gasteiger partial charge < -0.3 is 5.11 Å². The van der Waals surface area contributed by atoms with Gasteiger partial charge in [0, 0.05) is 23.1 Å². The summed E-state index contributed by atoms with van der Waals surface area (Å²) in [5.74, 6) is -3.18. The molecule has 0 heterocycles. The van der Waals surface area contributed by atoms with Gasteiger partial charge in [0.2, 0.25) is 0 Å². The van der Waals surface area contributed by atoms with E-state index in [4.69, 9.17) is 0 Å². The molecule has 0 aromatic heterocycles. The summed E-state index contributed by atoms with van der Waals surface area (Å²) >= 11 is 0. The molecule has 0 spiro atoms. The zero-order chi connectivity index (χ0) is 18.4. The summed E-state index contributed by atoms with van der Waals surface area (Å²) in [5, 5.41) is 9.52. The maximum absolute atomic E-state index is 13.9. The van der Waals surface area contributed by atoms with E-state index >= 15 is 0 Å². The number of carbonyl (C=O) groups is 2. The van der Waals surface area contributed by atoms with Crippen LogP contribution in [0.1, 0.15) is 29.6 Å². The number of hydrogen-bond acceptors (Lipinski definition) is 2. The van der Waals surface area contributed by atoms with E-state index in [9.17, 15) is 23.5 Å². The lowest BCUT2D eigenvalue weighted by Gasteiger charge is -2.27. The van der Waals surface area contributed by atoms with E-state index < -0.39 is 29.4 Å². The Morgan fingerprint density at radius 3 is 2.19 bits per heavy atom. The van der Waals surface area contributed by atoms with Gasteiger partial charge >= 0.3 is 5.97 Å². The molecular formula is C21H18F2O3. The molecule has 2 fully saturated rings. The molecule has 4 atom stereocenters. The molecule has 2 saturated carbocycles. The van der Waals surface area contributed by atoms with Crippen molar-refractivity contribution in [2.24, 2.45) is 23.7 Å². The van der Waals surface area contributed by atoms with Crippen molar-refractivity contribution in [3.8, 4) is 11.1 Å². The largest absolute Gasteiger partial charge is 0.481 e. The topological polar surface area (TPSA) is 54.4 Å². The molecule has 0 aliphatic heterocycles. The molecule has 0 radical (unpaired) electrons. The highest BCUT2D eigenvalue weighted by atomic mass is 19.1. The van der Waals surface area contributed by atoms with Crippen LogP contribution in [0, 0.1) is 35.3 Å². The van der Waals surface area contributed by atoms with Crippen LogP contribution in [0.3, 0.4) is 0 Å². The van der Waals surface area contributed by atoms with Gasteiger partial charge in [-0.05, 0) is 48.8 Å². The lowest BCUT2D eigenvalue weighted by Crippen LogP contribution is -2.34. The number of ketones is 1. The van der Waals surface area contributed by atoms with Crippen LogP contribution in [0.4, 0.5) is 8.78 Å². The third kappa shape index (κ3) is 2.71. The molecule has 2 bridgehead atoms. The van der Waals surface area contributed by atoms with Crippen molar-refractivity contribution in [3.05, 3.63) is 59.7 Å². The van der Waals surface area contributed by atoms with E-state index in [2.05, 4.69) is 0 Å². The number of benzene rings is 2. The minimum atomic E-state index is -0.888. The first-order valence-corrected chi connectivity index (χ1v) is 8.78. The first kappa shape index (κ1) is 16.9. The summed E-state index contributed by atoms with van der Waals surface area (Å²) in [6.45, 7) is 0. The number of rotatable bonds is 4. The summed E-state index contributed by atoms with van der Waals surface area (Å²) in [5.41, 5.74) is 1.25. The van der Waals surface area contributed by atoms with Gasteiger partial charge in [0.1, 0.15) is 11.6 Å². The fourth-order valence-electron chi connectivity index (χ4n) is 4.75. The van der Waals surface area contributed by atoms with Crippen molar-refractivity contribution >= 4 is 11.8 Å². The first-order chi connectivity index (χ1) is 12.5. The predicted molar refractivity (Wildman–Crippen MR) is 91.6 cm³/mol. The fourth-order valence-corrected chi connectivity index (χ4v) is 4.75. The number of carboxylic acids is 1. The molecule has 0 unspecified atom stereocenters. The van der Waals surface area contributed by atoms with Crippen LogP contribution in [0.15, 0.2) is 42.5 Å². The zero-order valence-corrected chi connectivity index (χ0v) is 14.0. The third-order valence-corrected chi connectivity index (χ3v) is 5.92. The van der Waals surface area contributed by atoms with Crippen molar-refractivity contribution in [2.75, 3.05) is 0 Å². The smallest absolute Gasteiger partial charge is 0.307 e. The summed E-state index contributed by atoms with van der Waals surface area (Å²) in [4.78, 5) is 24.5. The molecule has 134 valence electrons. The normalized spacial score (nSPS) is 26.8. The van der Waals surface area contributed by atoms with Crippen molar-refractivity contribution in [1.82, 2.24) is 0 Å². The second kappa shape index (κ2) is 6.31. The summed E-state index contributed by atoms with van der Waals surface area (Å²) in [7, 11) is 0. The quantitative estimate of drug-likeness (QED) is 0.817. The second-order valence-electron chi connectivity index (χ2n) is 7.29. The van der Waals surface area contributed by atoms with Gasteiger partial charge in [0.15, 0.2) is 5.78 Å². The third-order valence-electron chi connectivity index (χ3n) is 5.92. The van der Waals surface area contributed by atoms with Gasteiger partial charge in [-0.3, -0.25) is 9.59 Å². The number of carboxylic acid groups (broad SMARTS) is 1. The minimum absolute atomic E-state index is 0.0963. The molecule has 4 rings (SSSR count). The van der Waals surface area contributed by atoms with Crippen LogP contribution in [-0.4, -0.2) is 16.9 Å². The molecular weight excluding hydrogens is 338 g/mol. The van der Waals surface area contributed by atoms with Gasteiger partial charge in [-0.2, -0.15) is 0 Å². The second-order valence-corrected chi connectivity index (χ2v) is 7.29. The molecule has 2 aromatic carbocycles. The van der Waals surface area contributed by atoms with Crippen molar-refractivity contribution in [1.29, 1.82) is 0 Å². The standard InChI is InChI=1S/C21H18F2O3/c22-15-7-8-16(17(23)10-15)11-1-3-12(4-2-11)20(24)18-13-5-6-14(9-13)19(18)21(25)26/h1-4,7-8,10,13-14,18-19H,5-6,9H2,(H,25,26)/t13-,14+,18-,19+/m1/s1. The molecule has 3 nitrogen and oxygen atoms in total. The number of Topliss-reactive ketones (excluding diaryl/α,β-unsaturated/α-hetero) is 1. The molecule has 2 aromatic rings. The molecule has 0 amide bonds. The van der Waals surface area contributed by atoms with Crippen LogP contribution in [0.2, 0.25) is 0 Å². The highest BCUT2D eigenvalue weighted by Crippen LogP contribution is 2.53. The monoisotopic (exact) mass is 356 g/mol. The van der Waals surface area contributed by atoms with Crippen LogP contribution < -0.4 is 0 Å². The van der Waals surface area contributed by atoms with Crippen LogP contribution in [0.5, 0.6) is 0 Å². The Labute approximate surface area is 149 Å². The van der Waals surface area contributed by atoms with Crippen molar-refractivity contribution < 1.29 is 23.5 Å². The van der Waals surface area contributed by atoms with E-state index in [1.807, 2.05) is 0 Å². The van der Waals surface area contributed by atoms with E-state index in [0.29, 0.717) is 11.1 Å². The Hall–Kier alpha value is -2.56. The van der Waals surface area contributed by atoms with Gasteiger partial charge in [-0.15, -0.1) is 0 Å². The Morgan fingerprint density at radius 1 is 0.923 bits per heavy atom. The highest BCUT2D eigenvalue weighted by Gasteiger charge is 2.53. The highest BCUT2D eigenvalue weighted by molar-refractivity contribution is 6.01. The average molecular weight is 356 g/mol. The first-order valence-electron chi connectivity index (χ1n) is 8.78. The average Bonchev–Trinajstić information content (AvgIpc) is 3.22. The zero-order valence-electron chi connectivity index (χ0n) is 14.0. The Kier molecular flexibility index (Phi) is 4.10. The summed E-state index contributed by atoms with van der Waals surface area (Å²) in [6, 6.07) is 9.80. The van der Waals surface area contributed by atoms with Crippen LogP contribution >= 0.6 is 0 Å². The predicted octanol–water partition coefficient (Wildman–Crippen LogP) is 4.56. The summed E-state index contributed by atoms with van der Waals surface area (Å²) in [6.07, 6.45) is 2.60. The Balaban J connectivity index is 1.61. The maximum atomic E-state index is 13.9. The fraction of sp³-hybridized carbons (Fsp3) is 0.333. The molecule has 1 N–H and O–H groups in total. The number of aliphatic carboxylic acids is 1. The van der Waals surface area contributed by atoms with Crippen molar-refractivity contribution in [3.63, 3.8) is 0 Å². The molecule has 5 heteroatoms. The van der Waals surface area contributed by atoms with E-state index in [0.717, 1.165) is 25.3 Å². The molecule has 0 saturated heterocycles. The van der Waals surface area contributed by atoms with Gasteiger partial charge in [-0.25, -0.2) is 8.78 Å². The van der Waals surface area contributed by atoms with Gasteiger partial charge in [0.05, 0.1) is 5.92 Å². The van der Waals surface area contributed by atoms with Crippen LogP contribution in [0.25, 0.3) is 11.1 Å². The van der Waals surface area contributed by atoms with Gasteiger partial charge in [0.25, 0.3) is 0 Å². The summed E-state index contributed by atoms with van der Waals surface area (Å²) < 4.78 is 27.0. The Bertz CT molecular complexity index is 875. The SMILES string of the molecule is O=C(c1ccc(-c2ccc(F)cc2F)cc1)[C@@H]1[C@@H]2CC[C@@H](C2)[C@@H]1C(=O)O. The van der Waals surface area contributed by atoms with E-state index in [-0.39, 0.29) is 23.2 Å². The van der Waals surface area contributed by atoms with Crippen molar-refractivity contribution in [2.45, 2.75) is 19.3 Å². The number of hydrogen-bond donors (Lipinski definition) is 1. The number of halogens is 2.